The Hall–Kier alpha value is 0.669. The summed E-state index contributed by atoms with van der Waals surface area (Å²) in [5, 5.41) is 0. The average molecular weight is 173 g/mol. The molecule has 1 unspecified atom stereocenters. The molecule has 5 heteroatoms. The maximum Gasteiger partial charge on any atom is 1.00 e. The molecule has 0 bridgehead atoms. The smallest absolute Gasteiger partial charge is 0.781 e. The molecule has 0 spiro atoms. The second kappa shape index (κ2) is 6.67. The molecule has 0 fully saturated rings. The monoisotopic (exact) mass is 172 g/mol. The summed E-state index contributed by atoms with van der Waals surface area (Å²) in [5.41, 5.74) is 0. The van der Waals surface area contributed by atoms with Crippen molar-refractivity contribution in [1.82, 2.24) is 0 Å². The van der Waals surface area contributed by atoms with E-state index in [0.29, 0.717) is 0 Å². The summed E-state index contributed by atoms with van der Waals surface area (Å²) in [6, 6.07) is 0. The van der Waals surface area contributed by atoms with E-state index in [-0.39, 0.29) is 23.7 Å². The van der Waals surface area contributed by atoms with Crippen molar-refractivity contribution in [2.24, 2.45) is 0 Å². The molecule has 0 amide bonds. The Morgan fingerprint density at radius 2 is 2.29 bits per heavy atom. The standard InChI is InChI=1S/C2H7O3P.Cu/c1-2-5-6(3)4;/h6H,2H2,1H3,(H,3,4);/q;+1/p-1. The molecule has 48 valence electrons. The predicted molar refractivity (Wildman–Crippen MR) is 20.6 cm³/mol. The number of hydrogen-bond donors (Lipinski definition) is 0. The molecular formula is C2H6CuO3P. The minimum absolute atomic E-state index is 0. The Labute approximate surface area is 53.5 Å². The van der Waals surface area contributed by atoms with E-state index < -0.39 is 8.25 Å². The van der Waals surface area contributed by atoms with Gasteiger partial charge >= 0.3 is 17.1 Å². The minimum atomic E-state index is -2.89. The Bertz CT molecular complexity index is 56.9. The van der Waals surface area contributed by atoms with E-state index in [0.717, 1.165) is 0 Å². The van der Waals surface area contributed by atoms with Gasteiger partial charge in [0.25, 0.3) is 0 Å². The maximum absolute atomic E-state index is 9.45. The average Bonchev–Trinajstić information content (AvgIpc) is 1.35. The fraction of sp³-hybridized carbons (Fsp3) is 1.00. The topological polar surface area (TPSA) is 49.4 Å². The van der Waals surface area contributed by atoms with Crippen LogP contribution < -0.4 is 4.89 Å². The zero-order chi connectivity index (χ0) is 4.99. The van der Waals surface area contributed by atoms with Crippen LogP contribution in [0.4, 0.5) is 0 Å². The molecule has 0 aromatic carbocycles. The summed E-state index contributed by atoms with van der Waals surface area (Å²) in [6.07, 6.45) is 0. The van der Waals surface area contributed by atoms with Crippen LogP contribution in [0.1, 0.15) is 6.92 Å². The van der Waals surface area contributed by atoms with Gasteiger partial charge in [0.2, 0.25) is 0 Å². The molecule has 0 heterocycles. The Morgan fingerprint density at radius 3 is 2.29 bits per heavy atom. The van der Waals surface area contributed by atoms with E-state index in [1.807, 2.05) is 0 Å². The molecule has 0 saturated carbocycles. The molecular weight excluding hydrogens is 167 g/mol. The normalized spacial score (nSPS) is 12.3. The van der Waals surface area contributed by atoms with Crippen molar-refractivity contribution >= 4 is 8.25 Å². The Kier molecular flexibility index (Phi) is 10.1. The van der Waals surface area contributed by atoms with Crippen LogP contribution in [0, 0.1) is 0 Å². The summed E-state index contributed by atoms with van der Waals surface area (Å²) in [6.45, 7) is 1.88. The van der Waals surface area contributed by atoms with Crippen molar-refractivity contribution in [2.75, 3.05) is 6.61 Å². The SMILES string of the molecule is CCO[PH](=O)[O-].[Cu+]. The molecule has 0 aliphatic carbocycles. The zero-order valence-corrected chi connectivity index (χ0v) is 5.68. The number of rotatable bonds is 2. The largest absolute Gasteiger partial charge is 1.00 e. The van der Waals surface area contributed by atoms with Gasteiger partial charge < -0.3 is 14.0 Å². The molecule has 3 nitrogen and oxygen atoms in total. The first-order chi connectivity index (χ1) is 2.77. The second-order valence-electron chi connectivity index (χ2n) is 0.683. The molecule has 1 atom stereocenters. The summed E-state index contributed by atoms with van der Waals surface area (Å²) in [4.78, 5) is 9.45. The van der Waals surface area contributed by atoms with Crippen LogP contribution in [0.25, 0.3) is 0 Å². The molecule has 0 aliphatic rings. The van der Waals surface area contributed by atoms with E-state index in [1.54, 1.807) is 6.92 Å². The van der Waals surface area contributed by atoms with Crippen LogP contribution in [0.15, 0.2) is 0 Å². The minimum Gasteiger partial charge on any atom is -0.781 e. The molecule has 0 N–H and O–H groups in total. The first-order valence-electron chi connectivity index (χ1n) is 1.61. The first-order valence-corrected chi connectivity index (χ1v) is 2.83. The van der Waals surface area contributed by atoms with Gasteiger partial charge in [-0.25, -0.2) is 0 Å². The van der Waals surface area contributed by atoms with Gasteiger partial charge in [0.05, 0.1) is 0 Å². The number of hydrogen-bond acceptors (Lipinski definition) is 3. The summed E-state index contributed by atoms with van der Waals surface area (Å²) >= 11 is 0. The molecule has 0 rings (SSSR count). The van der Waals surface area contributed by atoms with Crippen molar-refractivity contribution in [1.29, 1.82) is 0 Å². The van der Waals surface area contributed by atoms with Crippen LogP contribution in [-0.4, -0.2) is 6.61 Å². The van der Waals surface area contributed by atoms with Gasteiger partial charge in [0, 0.05) is 6.61 Å². The Morgan fingerprint density at radius 1 is 1.86 bits per heavy atom. The van der Waals surface area contributed by atoms with E-state index in [9.17, 15) is 9.46 Å². The molecule has 0 aromatic rings. The fourth-order valence-corrected chi connectivity index (χ4v) is 0.354. The molecule has 7 heavy (non-hydrogen) atoms. The van der Waals surface area contributed by atoms with Crippen LogP contribution in [-0.2, 0) is 26.2 Å². The van der Waals surface area contributed by atoms with Crippen LogP contribution in [0.3, 0.4) is 0 Å². The van der Waals surface area contributed by atoms with Crippen molar-refractivity contribution in [3.05, 3.63) is 0 Å². The summed E-state index contributed by atoms with van der Waals surface area (Å²) < 4.78 is 13.5. The first kappa shape index (κ1) is 10.6. The van der Waals surface area contributed by atoms with Gasteiger partial charge in [-0.2, -0.15) is 0 Å². The maximum atomic E-state index is 9.45. The van der Waals surface area contributed by atoms with Gasteiger partial charge in [-0.05, 0) is 6.92 Å². The van der Waals surface area contributed by atoms with Gasteiger partial charge in [-0.1, -0.05) is 0 Å². The summed E-state index contributed by atoms with van der Waals surface area (Å²) in [7, 11) is -2.89. The quantitative estimate of drug-likeness (QED) is 0.427. The van der Waals surface area contributed by atoms with Crippen molar-refractivity contribution in [2.45, 2.75) is 6.92 Å². The van der Waals surface area contributed by atoms with Crippen LogP contribution >= 0.6 is 8.25 Å². The van der Waals surface area contributed by atoms with Gasteiger partial charge in [-0.15, -0.1) is 0 Å². The summed E-state index contributed by atoms with van der Waals surface area (Å²) in [5.74, 6) is 0. The van der Waals surface area contributed by atoms with Gasteiger partial charge in [0.1, 0.15) is 8.25 Å². The van der Waals surface area contributed by atoms with Gasteiger partial charge in [-0.3, -0.25) is 0 Å². The third-order valence-corrected chi connectivity index (χ3v) is 0.787. The van der Waals surface area contributed by atoms with Crippen LogP contribution in [0.2, 0.25) is 0 Å². The molecule has 0 radical (unpaired) electrons. The molecule has 0 aliphatic heterocycles. The zero-order valence-electron chi connectivity index (χ0n) is 3.73. The van der Waals surface area contributed by atoms with E-state index >= 15 is 0 Å². The third-order valence-electron chi connectivity index (χ3n) is 0.262. The fourth-order valence-electron chi connectivity index (χ4n) is 0.118. The van der Waals surface area contributed by atoms with Crippen molar-refractivity contribution in [3.8, 4) is 0 Å². The van der Waals surface area contributed by atoms with Crippen molar-refractivity contribution in [3.63, 3.8) is 0 Å². The Balaban J connectivity index is 0. The van der Waals surface area contributed by atoms with Gasteiger partial charge in [0.15, 0.2) is 0 Å². The van der Waals surface area contributed by atoms with E-state index in [1.165, 1.54) is 0 Å². The second-order valence-corrected chi connectivity index (χ2v) is 1.47. The van der Waals surface area contributed by atoms with E-state index in [2.05, 4.69) is 4.52 Å². The van der Waals surface area contributed by atoms with E-state index in [4.69, 9.17) is 0 Å². The predicted octanol–water partition coefficient (Wildman–Crippen LogP) is -0.230. The van der Waals surface area contributed by atoms with Crippen LogP contribution in [0.5, 0.6) is 0 Å². The molecule has 0 saturated heterocycles. The van der Waals surface area contributed by atoms with Crippen molar-refractivity contribution < 1.29 is 31.1 Å². The third kappa shape index (κ3) is 10.8. The molecule has 0 aromatic heterocycles.